The molecule has 0 nitrogen and oxygen atoms in total. The van der Waals surface area contributed by atoms with Gasteiger partial charge in [0.1, 0.15) is 5.82 Å². The van der Waals surface area contributed by atoms with Crippen LogP contribution in [0.25, 0.3) is 0 Å². The zero-order valence-electron chi connectivity index (χ0n) is 7.64. The van der Waals surface area contributed by atoms with Crippen molar-refractivity contribution in [3.05, 3.63) is 34.6 Å². The van der Waals surface area contributed by atoms with E-state index in [0.717, 1.165) is 24.8 Å². The van der Waals surface area contributed by atoms with E-state index < -0.39 is 0 Å². The van der Waals surface area contributed by atoms with Crippen LogP contribution in [-0.2, 0) is 0 Å². The Morgan fingerprint density at radius 1 is 1.36 bits per heavy atom. The first-order valence-electron chi connectivity index (χ1n) is 4.76. The normalized spacial score (nSPS) is 26.8. The fraction of sp³-hybridized carbons (Fsp3) is 0.455. The largest absolute Gasteiger partial charge is 0.207 e. The van der Waals surface area contributed by atoms with Gasteiger partial charge in [0.05, 0.1) is 0 Å². The van der Waals surface area contributed by atoms with Crippen LogP contribution in [0.3, 0.4) is 0 Å². The highest BCUT2D eigenvalue weighted by Gasteiger charge is 2.25. The third-order valence-corrected chi connectivity index (χ3v) is 3.84. The van der Waals surface area contributed by atoms with Crippen LogP contribution in [0.1, 0.15) is 30.7 Å². The number of alkyl halides is 1. The van der Waals surface area contributed by atoms with E-state index in [1.807, 2.05) is 6.07 Å². The molecule has 0 spiro atoms. The molecule has 0 heterocycles. The number of benzene rings is 1. The lowest BCUT2D eigenvalue weighted by atomic mass is 9.97. The van der Waals surface area contributed by atoms with E-state index in [1.54, 1.807) is 6.07 Å². The lowest BCUT2D eigenvalue weighted by molar-refractivity contribution is 0.581. The molecular weight excluding hydrogens is 266 g/mol. The second kappa shape index (κ2) is 4.19. The lowest BCUT2D eigenvalue weighted by Crippen LogP contribution is -1.97. The Labute approximate surface area is 96.6 Å². The summed E-state index contributed by atoms with van der Waals surface area (Å²) >= 11 is 9.27. The molecule has 0 aliphatic heterocycles. The quantitative estimate of drug-likeness (QED) is 0.663. The summed E-state index contributed by atoms with van der Waals surface area (Å²) in [7, 11) is 0. The summed E-state index contributed by atoms with van der Waals surface area (Å²) in [5, 5.41) is 0.472. The maximum absolute atomic E-state index is 13.5. The van der Waals surface area contributed by atoms with Crippen molar-refractivity contribution in [2.75, 3.05) is 0 Å². The van der Waals surface area contributed by atoms with Crippen LogP contribution >= 0.6 is 27.5 Å². The van der Waals surface area contributed by atoms with Crippen LogP contribution in [0.5, 0.6) is 0 Å². The summed E-state index contributed by atoms with van der Waals surface area (Å²) in [6.07, 6.45) is 3.22. The molecule has 76 valence electrons. The Morgan fingerprint density at radius 3 is 2.71 bits per heavy atom. The standard InChI is InChI=1S/C11H11BrClF/c12-8-2-1-7(5-8)10-4-3-9(13)6-11(10)14/h3-4,6-8H,1-2,5H2. The van der Waals surface area contributed by atoms with Crippen LogP contribution in [0.2, 0.25) is 5.02 Å². The first-order chi connectivity index (χ1) is 6.66. The topological polar surface area (TPSA) is 0 Å². The number of hydrogen-bond acceptors (Lipinski definition) is 0. The second-order valence-corrected chi connectivity index (χ2v) is 5.50. The first kappa shape index (κ1) is 10.4. The predicted molar refractivity (Wildman–Crippen MR) is 60.7 cm³/mol. The zero-order valence-corrected chi connectivity index (χ0v) is 9.98. The highest BCUT2D eigenvalue weighted by Crippen LogP contribution is 2.39. The molecule has 2 rings (SSSR count). The summed E-state index contributed by atoms with van der Waals surface area (Å²) in [5.74, 6) is 0.195. The van der Waals surface area contributed by atoms with E-state index in [4.69, 9.17) is 11.6 Å². The van der Waals surface area contributed by atoms with Crippen LogP contribution in [0.15, 0.2) is 18.2 Å². The van der Waals surface area contributed by atoms with Gasteiger partial charge in [-0.3, -0.25) is 0 Å². The summed E-state index contributed by atoms with van der Waals surface area (Å²) in [6, 6.07) is 4.98. The second-order valence-electron chi connectivity index (χ2n) is 3.77. The average Bonchev–Trinajstić information content (AvgIpc) is 2.51. The summed E-state index contributed by atoms with van der Waals surface area (Å²) in [4.78, 5) is 0.544. The van der Waals surface area contributed by atoms with Crippen molar-refractivity contribution in [1.29, 1.82) is 0 Å². The van der Waals surface area contributed by atoms with Gasteiger partial charge in [-0.05, 0) is 42.9 Å². The van der Waals surface area contributed by atoms with E-state index in [1.165, 1.54) is 6.07 Å². The third kappa shape index (κ3) is 2.12. The van der Waals surface area contributed by atoms with Gasteiger partial charge in [0.2, 0.25) is 0 Å². The molecule has 1 aromatic carbocycles. The molecule has 3 heteroatoms. The molecule has 0 N–H and O–H groups in total. The van der Waals surface area contributed by atoms with Gasteiger partial charge in [0.15, 0.2) is 0 Å². The van der Waals surface area contributed by atoms with Crippen molar-refractivity contribution in [1.82, 2.24) is 0 Å². The van der Waals surface area contributed by atoms with Gasteiger partial charge in [-0.15, -0.1) is 0 Å². The fourth-order valence-corrected chi connectivity index (χ4v) is 2.92. The van der Waals surface area contributed by atoms with E-state index in [-0.39, 0.29) is 5.82 Å². The van der Waals surface area contributed by atoms with Crippen LogP contribution in [0, 0.1) is 5.82 Å². The van der Waals surface area contributed by atoms with Crippen molar-refractivity contribution in [3.63, 3.8) is 0 Å². The molecule has 14 heavy (non-hydrogen) atoms. The van der Waals surface area contributed by atoms with E-state index in [2.05, 4.69) is 15.9 Å². The molecular formula is C11H11BrClF. The third-order valence-electron chi connectivity index (χ3n) is 2.77. The fourth-order valence-electron chi connectivity index (χ4n) is 2.04. The minimum Gasteiger partial charge on any atom is -0.207 e. The van der Waals surface area contributed by atoms with E-state index >= 15 is 0 Å². The lowest BCUT2D eigenvalue weighted by Gasteiger charge is -2.10. The van der Waals surface area contributed by atoms with Crippen LogP contribution < -0.4 is 0 Å². The SMILES string of the molecule is Fc1cc(Cl)ccc1C1CCC(Br)C1. The molecule has 0 bridgehead atoms. The first-order valence-corrected chi connectivity index (χ1v) is 6.05. The van der Waals surface area contributed by atoms with Crippen molar-refractivity contribution >= 4 is 27.5 Å². The van der Waals surface area contributed by atoms with Crippen LogP contribution in [-0.4, -0.2) is 4.83 Å². The molecule has 0 amide bonds. The van der Waals surface area contributed by atoms with Crippen molar-refractivity contribution in [3.8, 4) is 0 Å². The molecule has 0 radical (unpaired) electrons. The smallest absolute Gasteiger partial charge is 0.128 e. The highest BCUT2D eigenvalue weighted by molar-refractivity contribution is 9.09. The van der Waals surface area contributed by atoms with Gasteiger partial charge in [-0.2, -0.15) is 0 Å². The van der Waals surface area contributed by atoms with Gasteiger partial charge in [0.25, 0.3) is 0 Å². The van der Waals surface area contributed by atoms with E-state index in [9.17, 15) is 4.39 Å². The Hall–Kier alpha value is -0.0800. The molecule has 1 fully saturated rings. The molecule has 2 atom stereocenters. The van der Waals surface area contributed by atoms with Crippen molar-refractivity contribution < 1.29 is 4.39 Å². The highest BCUT2D eigenvalue weighted by atomic mass is 79.9. The minimum atomic E-state index is -0.163. The molecule has 2 unspecified atom stereocenters. The molecule has 0 aromatic heterocycles. The van der Waals surface area contributed by atoms with Gasteiger partial charge in [-0.25, -0.2) is 4.39 Å². The Morgan fingerprint density at radius 2 is 2.14 bits per heavy atom. The number of hydrogen-bond donors (Lipinski definition) is 0. The number of rotatable bonds is 1. The molecule has 1 aromatic rings. The average molecular weight is 278 g/mol. The maximum Gasteiger partial charge on any atom is 0.128 e. The predicted octanol–water partition coefficient (Wildman–Crippen LogP) is 4.51. The Balaban J connectivity index is 2.24. The molecule has 1 aliphatic carbocycles. The number of halogens is 3. The van der Waals surface area contributed by atoms with Gasteiger partial charge in [-0.1, -0.05) is 33.6 Å². The van der Waals surface area contributed by atoms with Gasteiger partial charge >= 0.3 is 0 Å². The Kier molecular flexibility index (Phi) is 3.13. The van der Waals surface area contributed by atoms with Gasteiger partial charge < -0.3 is 0 Å². The van der Waals surface area contributed by atoms with E-state index in [0.29, 0.717) is 15.8 Å². The Bertz CT molecular complexity index is 340. The van der Waals surface area contributed by atoms with Gasteiger partial charge in [0, 0.05) is 9.85 Å². The van der Waals surface area contributed by atoms with Crippen LogP contribution in [0.4, 0.5) is 4.39 Å². The molecule has 0 saturated heterocycles. The molecule has 1 aliphatic rings. The molecule has 1 saturated carbocycles. The van der Waals surface area contributed by atoms with Crippen molar-refractivity contribution in [2.24, 2.45) is 0 Å². The summed E-state index contributed by atoms with van der Waals surface area (Å²) < 4.78 is 13.5. The summed E-state index contributed by atoms with van der Waals surface area (Å²) in [5.41, 5.74) is 0.816. The monoisotopic (exact) mass is 276 g/mol. The minimum absolute atomic E-state index is 0.163. The van der Waals surface area contributed by atoms with Crippen molar-refractivity contribution in [2.45, 2.75) is 30.0 Å². The maximum atomic E-state index is 13.5. The zero-order chi connectivity index (χ0) is 10.1. The summed E-state index contributed by atoms with van der Waals surface area (Å²) in [6.45, 7) is 0.